The van der Waals surface area contributed by atoms with E-state index in [1.165, 1.54) is 5.56 Å². The van der Waals surface area contributed by atoms with E-state index in [0.717, 1.165) is 28.0 Å². The first-order valence-corrected chi connectivity index (χ1v) is 6.54. The molecular weight excluding hydrogens is 250 g/mol. The number of fused-ring (bicyclic) bond motifs is 1. The minimum atomic E-state index is 0.506. The molecule has 0 radical (unpaired) electrons. The van der Waals surface area contributed by atoms with E-state index < -0.39 is 0 Å². The minimum absolute atomic E-state index is 0.506. The third-order valence-electron chi connectivity index (χ3n) is 3.54. The third kappa shape index (κ3) is 1.94. The molecular formula is C16H17N3O. The Morgan fingerprint density at radius 1 is 1.20 bits per heavy atom. The molecule has 20 heavy (non-hydrogen) atoms. The maximum absolute atomic E-state index is 5.86. The van der Waals surface area contributed by atoms with Crippen LogP contribution in [-0.2, 0) is 6.54 Å². The molecule has 102 valence electrons. The van der Waals surface area contributed by atoms with Crippen molar-refractivity contribution < 1.29 is 4.74 Å². The van der Waals surface area contributed by atoms with Crippen LogP contribution in [0.4, 0.5) is 0 Å². The first kappa shape index (κ1) is 12.7. The Kier molecular flexibility index (Phi) is 3.16. The van der Waals surface area contributed by atoms with Crippen LogP contribution < -0.4 is 10.5 Å². The van der Waals surface area contributed by atoms with Crippen LogP contribution in [0.2, 0.25) is 0 Å². The molecule has 0 aliphatic heterocycles. The van der Waals surface area contributed by atoms with Crippen molar-refractivity contribution in [2.45, 2.75) is 13.5 Å². The fourth-order valence-corrected chi connectivity index (χ4v) is 2.50. The Bertz CT molecular complexity index is 744. The molecule has 2 N–H and O–H groups in total. The molecule has 0 spiro atoms. The number of benzene rings is 1. The van der Waals surface area contributed by atoms with Crippen LogP contribution in [0.5, 0.6) is 5.75 Å². The maximum atomic E-state index is 5.86. The average Bonchev–Trinajstić information content (AvgIpc) is 2.87. The summed E-state index contributed by atoms with van der Waals surface area (Å²) in [4.78, 5) is 4.51. The number of hydrogen-bond donors (Lipinski definition) is 1. The van der Waals surface area contributed by atoms with Gasteiger partial charge >= 0.3 is 0 Å². The van der Waals surface area contributed by atoms with E-state index in [4.69, 9.17) is 10.5 Å². The van der Waals surface area contributed by atoms with Crippen molar-refractivity contribution in [1.29, 1.82) is 0 Å². The van der Waals surface area contributed by atoms with E-state index in [1.54, 1.807) is 7.11 Å². The summed E-state index contributed by atoms with van der Waals surface area (Å²) in [6, 6.07) is 9.93. The highest BCUT2D eigenvalue weighted by atomic mass is 16.5. The second kappa shape index (κ2) is 4.98. The van der Waals surface area contributed by atoms with Crippen molar-refractivity contribution in [1.82, 2.24) is 9.55 Å². The summed E-state index contributed by atoms with van der Waals surface area (Å²) in [5, 5.41) is 1.14. The van der Waals surface area contributed by atoms with Crippen molar-refractivity contribution in [3.05, 3.63) is 53.9 Å². The second-order valence-corrected chi connectivity index (χ2v) is 4.75. The quantitative estimate of drug-likeness (QED) is 0.794. The van der Waals surface area contributed by atoms with Gasteiger partial charge in [-0.3, -0.25) is 0 Å². The molecule has 0 aliphatic rings. The van der Waals surface area contributed by atoms with Crippen molar-refractivity contribution >= 4 is 11.0 Å². The molecule has 3 aromatic rings. The molecule has 0 saturated carbocycles. The topological polar surface area (TPSA) is 53.1 Å². The number of aromatic nitrogens is 2. The van der Waals surface area contributed by atoms with Crippen molar-refractivity contribution in [2.24, 2.45) is 5.73 Å². The fraction of sp³-hybridized carbons (Fsp3) is 0.188. The van der Waals surface area contributed by atoms with Gasteiger partial charge in [0.15, 0.2) is 0 Å². The van der Waals surface area contributed by atoms with Crippen molar-refractivity contribution in [3.63, 3.8) is 0 Å². The average molecular weight is 267 g/mol. The molecule has 0 amide bonds. The van der Waals surface area contributed by atoms with Crippen molar-refractivity contribution in [3.8, 4) is 11.4 Å². The van der Waals surface area contributed by atoms with Gasteiger partial charge in [0.25, 0.3) is 0 Å². The SMILES string of the molecule is COc1ccc(-n2cc(CN)c3c(C)ccnc32)cc1. The predicted octanol–water partition coefficient (Wildman–Crippen LogP) is 2.80. The lowest BCUT2D eigenvalue weighted by atomic mass is 10.1. The van der Waals surface area contributed by atoms with Gasteiger partial charge in [-0.2, -0.15) is 0 Å². The molecule has 3 rings (SSSR count). The predicted molar refractivity (Wildman–Crippen MR) is 80.3 cm³/mol. The highest BCUT2D eigenvalue weighted by Gasteiger charge is 2.11. The lowest BCUT2D eigenvalue weighted by molar-refractivity contribution is 0.415. The molecule has 1 aromatic carbocycles. The normalized spacial score (nSPS) is 10.9. The summed E-state index contributed by atoms with van der Waals surface area (Å²) >= 11 is 0. The van der Waals surface area contributed by atoms with E-state index in [0.29, 0.717) is 6.54 Å². The minimum Gasteiger partial charge on any atom is -0.497 e. The second-order valence-electron chi connectivity index (χ2n) is 4.75. The molecule has 0 atom stereocenters. The largest absolute Gasteiger partial charge is 0.497 e. The van der Waals surface area contributed by atoms with Crippen LogP contribution in [-0.4, -0.2) is 16.7 Å². The van der Waals surface area contributed by atoms with E-state index in [1.807, 2.05) is 36.5 Å². The summed E-state index contributed by atoms with van der Waals surface area (Å²) < 4.78 is 7.27. The summed E-state index contributed by atoms with van der Waals surface area (Å²) in [5.41, 5.74) is 10.2. The van der Waals surface area contributed by atoms with Gasteiger partial charge in [-0.25, -0.2) is 4.98 Å². The number of ether oxygens (including phenoxy) is 1. The molecule has 0 fully saturated rings. The lowest BCUT2D eigenvalue weighted by Gasteiger charge is -2.06. The van der Waals surface area contributed by atoms with E-state index in [-0.39, 0.29) is 0 Å². The zero-order chi connectivity index (χ0) is 14.1. The molecule has 0 aliphatic carbocycles. The van der Waals surface area contributed by atoms with Crippen LogP contribution in [0.25, 0.3) is 16.7 Å². The summed E-state index contributed by atoms with van der Waals surface area (Å²) in [7, 11) is 1.66. The summed E-state index contributed by atoms with van der Waals surface area (Å²) in [6.45, 7) is 2.59. The van der Waals surface area contributed by atoms with Crippen LogP contribution in [0.15, 0.2) is 42.7 Å². The zero-order valence-corrected chi connectivity index (χ0v) is 11.6. The van der Waals surface area contributed by atoms with E-state index in [2.05, 4.69) is 22.7 Å². The van der Waals surface area contributed by atoms with Gasteiger partial charge in [-0.1, -0.05) is 0 Å². The fourth-order valence-electron chi connectivity index (χ4n) is 2.50. The number of hydrogen-bond acceptors (Lipinski definition) is 3. The highest BCUT2D eigenvalue weighted by Crippen LogP contribution is 2.26. The molecule has 0 saturated heterocycles. The molecule has 0 bridgehead atoms. The number of rotatable bonds is 3. The Labute approximate surface area is 117 Å². The van der Waals surface area contributed by atoms with Gasteiger partial charge in [0.1, 0.15) is 11.4 Å². The molecule has 4 heteroatoms. The van der Waals surface area contributed by atoms with Crippen LogP contribution in [0, 0.1) is 6.92 Å². The Balaban J connectivity index is 2.22. The monoisotopic (exact) mass is 267 g/mol. The maximum Gasteiger partial charge on any atom is 0.144 e. The molecule has 2 heterocycles. The van der Waals surface area contributed by atoms with Gasteiger partial charge < -0.3 is 15.0 Å². The highest BCUT2D eigenvalue weighted by molar-refractivity contribution is 5.85. The Morgan fingerprint density at radius 3 is 2.60 bits per heavy atom. The van der Waals surface area contributed by atoms with E-state index >= 15 is 0 Å². The third-order valence-corrected chi connectivity index (χ3v) is 3.54. The first-order valence-electron chi connectivity index (χ1n) is 6.54. The molecule has 4 nitrogen and oxygen atoms in total. The zero-order valence-electron chi connectivity index (χ0n) is 11.6. The smallest absolute Gasteiger partial charge is 0.144 e. The van der Waals surface area contributed by atoms with Gasteiger partial charge in [-0.05, 0) is 48.4 Å². The number of nitrogens with two attached hydrogens (primary N) is 1. The number of methoxy groups -OCH3 is 1. The summed E-state index contributed by atoms with van der Waals surface area (Å²) in [5.74, 6) is 0.841. The van der Waals surface area contributed by atoms with Gasteiger partial charge in [-0.15, -0.1) is 0 Å². The standard InChI is InChI=1S/C16H17N3O/c1-11-7-8-18-16-15(11)12(9-17)10-19(16)13-3-5-14(20-2)6-4-13/h3-8,10H,9,17H2,1-2H3. The van der Waals surface area contributed by atoms with Gasteiger partial charge in [0.05, 0.1) is 7.11 Å². The number of pyridine rings is 1. The van der Waals surface area contributed by atoms with Crippen molar-refractivity contribution in [2.75, 3.05) is 7.11 Å². The van der Waals surface area contributed by atoms with Crippen LogP contribution >= 0.6 is 0 Å². The van der Waals surface area contributed by atoms with Gasteiger partial charge in [0, 0.05) is 30.0 Å². The first-order chi connectivity index (χ1) is 9.74. The van der Waals surface area contributed by atoms with Gasteiger partial charge in [0.2, 0.25) is 0 Å². The Hall–Kier alpha value is -2.33. The number of aryl methyl sites for hydroxylation is 1. The number of nitrogens with zero attached hydrogens (tertiary/aromatic N) is 2. The van der Waals surface area contributed by atoms with E-state index in [9.17, 15) is 0 Å². The van der Waals surface area contributed by atoms with Crippen LogP contribution in [0.1, 0.15) is 11.1 Å². The molecule has 0 unspecified atom stereocenters. The van der Waals surface area contributed by atoms with Crippen LogP contribution in [0.3, 0.4) is 0 Å². The lowest BCUT2D eigenvalue weighted by Crippen LogP contribution is -1.95. The Morgan fingerprint density at radius 2 is 1.95 bits per heavy atom. The molecule has 2 aromatic heterocycles. The summed E-state index contributed by atoms with van der Waals surface area (Å²) in [6.07, 6.45) is 3.89.